The highest BCUT2D eigenvalue weighted by Crippen LogP contribution is 2.32. The highest BCUT2D eigenvalue weighted by atomic mass is 35.5. The molecule has 6 heteroatoms. The van der Waals surface area contributed by atoms with Gasteiger partial charge in [-0.2, -0.15) is 0 Å². The molecule has 0 radical (unpaired) electrons. The molecule has 0 saturated heterocycles. The number of allylic oxidation sites excluding steroid dienone is 1. The molecule has 0 aliphatic carbocycles. The summed E-state index contributed by atoms with van der Waals surface area (Å²) in [6, 6.07) is 8.70. The lowest BCUT2D eigenvalue weighted by molar-refractivity contribution is -0.116. The maximum absolute atomic E-state index is 13.3. The first-order valence-electron chi connectivity index (χ1n) is 9.12. The average molecular weight is 401 g/mol. The molecule has 146 valence electrons. The fraction of sp³-hybridized carbons (Fsp3) is 0.273. The summed E-state index contributed by atoms with van der Waals surface area (Å²) < 4.78 is 13.3. The minimum atomic E-state index is -0.490. The van der Waals surface area contributed by atoms with E-state index in [0.717, 1.165) is 11.1 Å². The third kappa shape index (κ3) is 4.25. The first-order chi connectivity index (χ1) is 13.3. The highest BCUT2D eigenvalue weighted by molar-refractivity contribution is 6.31. The molecule has 2 aromatic rings. The van der Waals surface area contributed by atoms with Crippen LogP contribution in [0.25, 0.3) is 0 Å². The maximum atomic E-state index is 13.3. The van der Waals surface area contributed by atoms with Gasteiger partial charge in [0.2, 0.25) is 0 Å². The molecule has 1 aliphatic heterocycles. The molecule has 1 aliphatic rings. The zero-order valence-corrected chi connectivity index (χ0v) is 16.8. The van der Waals surface area contributed by atoms with Gasteiger partial charge in [-0.25, -0.2) is 9.18 Å². The van der Waals surface area contributed by atoms with Gasteiger partial charge < -0.3 is 5.32 Å². The Morgan fingerprint density at radius 3 is 2.57 bits per heavy atom. The molecule has 1 unspecified atom stereocenters. The maximum Gasteiger partial charge on any atom is 0.326 e. The number of nitrogens with zero attached hydrogens (tertiary/aromatic N) is 1. The van der Waals surface area contributed by atoms with Crippen LogP contribution in [0.2, 0.25) is 5.02 Å². The van der Waals surface area contributed by atoms with Gasteiger partial charge in [-0.3, -0.25) is 9.69 Å². The number of amides is 2. The van der Waals surface area contributed by atoms with Crippen molar-refractivity contribution in [2.75, 3.05) is 5.32 Å². The van der Waals surface area contributed by atoms with Crippen LogP contribution in [0.15, 0.2) is 48.7 Å². The van der Waals surface area contributed by atoms with E-state index in [1.54, 1.807) is 12.1 Å². The summed E-state index contributed by atoms with van der Waals surface area (Å²) in [4.78, 5) is 26.4. The van der Waals surface area contributed by atoms with Crippen LogP contribution in [0.1, 0.15) is 48.9 Å². The van der Waals surface area contributed by atoms with Crippen molar-refractivity contribution in [1.29, 1.82) is 0 Å². The molecule has 0 aromatic heterocycles. The fourth-order valence-corrected chi connectivity index (χ4v) is 3.68. The zero-order valence-electron chi connectivity index (χ0n) is 16.0. The van der Waals surface area contributed by atoms with Crippen LogP contribution in [0.5, 0.6) is 0 Å². The second kappa shape index (κ2) is 8.15. The van der Waals surface area contributed by atoms with Crippen LogP contribution in [0, 0.1) is 12.7 Å². The van der Waals surface area contributed by atoms with Gasteiger partial charge in [0.05, 0.1) is 6.04 Å². The van der Waals surface area contributed by atoms with Crippen LogP contribution < -0.4 is 5.32 Å². The Balaban J connectivity index is 1.89. The number of halogens is 2. The molecule has 2 aromatic carbocycles. The minimum Gasteiger partial charge on any atom is -0.307 e. The smallest absolute Gasteiger partial charge is 0.307 e. The number of carbonyl (C=O) groups is 2. The summed E-state index contributed by atoms with van der Waals surface area (Å²) >= 11 is 6.31. The van der Waals surface area contributed by atoms with Crippen molar-refractivity contribution in [3.8, 4) is 0 Å². The van der Waals surface area contributed by atoms with Crippen LogP contribution in [0.3, 0.4) is 0 Å². The molecule has 2 amide bonds. The molecule has 1 N–H and O–H groups in total. The first-order valence-corrected chi connectivity index (χ1v) is 9.50. The van der Waals surface area contributed by atoms with Gasteiger partial charge in [-0.1, -0.05) is 37.6 Å². The molecule has 0 fully saturated rings. The number of nitrogens with one attached hydrogen (secondary N) is 1. The topological polar surface area (TPSA) is 49.4 Å². The lowest BCUT2D eigenvalue weighted by atomic mass is 9.97. The minimum absolute atomic E-state index is 0.0804. The van der Waals surface area contributed by atoms with E-state index in [1.165, 1.54) is 29.3 Å². The second-order valence-electron chi connectivity index (χ2n) is 7.23. The molecule has 0 bridgehead atoms. The molecular weight excluding hydrogens is 379 g/mol. The molecule has 28 heavy (non-hydrogen) atoms. The van der Waals surface area contributed by atoms with E-state index in [0.29, 0.717) is 16.3 Å². The van der Waals surface area contributed by atoms with Crippen LogP contribution in [-0.4, -0.2) is 16.7 Å². The summed E-state index contributed by atoms with van der Waals surface area (Å²) in [7, 11) is 0. The van der Waals surface area contributed by atoms with Gasteiger partial charge in [0, 0.05) is 23.3 Å². The SMILES string of the molecule is Cc1cc(Cl)c(C(C)C)cc1NC(=O)N1C=CC(=O)CC1c1ccc(F)cc1. The van der Waals surface area contributed by atoms with E-state index >= 15 is 0 Å². The summed E-state index contributed by atoms with van der Waals surface area (Å²) in [5, 5.41) is 3.59. The van der Waals surface area contributed by atoms with Gasteiger partial charge in [-0.15, -0.1) is 0 Å². The van der Waals surface area contributed by atoms with E-state index in [-0.39, 0.29) is 30.0 Å². The molecule has 1 atom stereocenters. The number of hydrogen-bond acceptors (Lipinski definition) is 2. The van der Waals surface area contributed by atoms with E-state index in [2.05, 4.69) is 5.32 Å². The van der Waals surface area contributed by atoms with E-state index in [4.69, 9.17) is 11.6 Å². The van der Waals surface area contributed by atoms with E-state index < -0.39 is 6.04 Å². The van der Waals surface area contributed by atoms with Crippen molar-refractivity contribution in [2.45, 2.75) is 39.2 Å². The first kappa shape index (κ1) is 20.1. The molecule has 3 rings (SSSR count). The number of anilines is 1. The van der Waals surface area contributed by atoms with Crippen molar-refractivity contribution >= 4 is 29.1 Å². The van der Waals surface area contributed by atoms with Gasteiger partial charge in [-0.05, 0) is 59.9 Å². The Morgan fingerprint density at radius 1 is 1.25 bits per heavy atom. The van der Waals surface area contributed by atoms with Crippen molar-refractivity contribution in [3.05, 3.63) is 76.2 Å². The quantitative estimate of drug-likeness (QED) is 0.689. The molecule has 4 nitrogen and oxygen atoms in total. The molecule has 0 spiro atoms. The molecular formula is C22H22ClFN2O2. The Morgan fingerprint density at radius 2 is 1.93 bits per heavy atom. The average Bonchev–Trinajstić information content (AvgIpc) is 2.64. The lowest BCUT2D eigenvalue weighted by Gasteiger charge is -2.31. The lowest BCUT2D eigenvalue weighted by Crippen LogP contribution is -2.37. The van der Waals surface area contributed by atoms with Crippen LogP contribution >= 0.6 is 11.6 Å². The fourth-order valence-electron chi connectivity index (χ4n) is 3.24. The summed E-state index contributed by atoms with van der Waals surface area (Å²) in [6.45, 7) is 5.94. The third-order valence-electron chi connectivity index (χ3n) is 4.85. The van der Waals surface area contributed by atoms with E-state index in [1.807, 2.05) is 32.9 Å². The number of urea groups is 1. The predicted molar refractivity (Wildman–Crippen MR) is 109 cm³/mol. The van der Waals surface area contributed by atoms with Gasteiger partial charge in [0.25, 0.3) is 0 Å². The van der Waals surface area contributed by atoms with Gasteiger partial charge in [0.15, 0.2) is 5.78 Å². The third-order valence-corrected chi connectivity index (χ3v) is 5.18. The molecule has 0 saturated carbocycles. The Kier molecular flexibility index (Phi) is 5.84. The van der Waals surface area contributed by atoms with Crippen molar-refractivity contribution in [3.63, 3.8) is 0 Å². The van der Waals surface area contributed by atoms with Crippen molar-refractivity contribution < 1.29 is 14.0 Å². The number of benzene rings is 2. The molecule has 1 heterocycles. The van der Waals surface area contributed by atoms with Crippen LogP contribution in [-0.2, 0) is 4.79 Å². The Bertz CT molecular complexity index is 938. The number of ketones is 1. The monoisotopic (exact) mass is 400 g/mol. The normalized spacial score (nSPS) is 16.6. The largest absolute Gasteiger partial charge is 0.326 e. The summed E-state index contributed by atoms with van der Waals surface area (Å²) in [6.07, 6.45) is 3.00. The summed E-state index contributed by atoms with van der Waals surface area (Å²) in [5.41, 5.74) is 3.16. The number of carbonyl (C=O) groups excluding carboxylic acids is 2. The zero-order chi connectivity index (χ0) is 20.4. The Labute approximate surface area is 169 Å². The second-order valence-corrected chi connectivity index (χ2v) is 7.64. The van der Waals surface area contributed by atoms with Gasteiger partial charge in [0.1, 0.15) is 5.82 Å². The van der Waals surface area contributed by atoms with Gasteiger partial charge >= 0.3 is 6.03 Å². The van der Waals surface area contributed by atoms with Crippen molar-refractivity contribution in [1.82, 2.24) is 4.90 Å². The Hall–Kier alpha value is -2.66. The van der Waals surface area contributed by atoms with E-state index in [9.17, 15) is 14.0 Å². The number of rotatable bonds is 3. The highest BCUT2D eigenvalue weighted by Gasteiger charge is 2.29. The number of aryl methyl sites for hydroxylation is 1. The number of hydrogen-bond donors (Lipinski definition) is 1. The van der Waals surface area contributed by atoms with Crippen LogP contribution in [0.4, 0.5) is 14.9 Å². The standard InChI is InChI=1S/C22H22ClFN2O2/c1-13(2)18-12-20(14(3)10-19(18)23)25-22(28)26-9-8-17(27)11-21(26)15-4-6-16(24)7-5-15/h4-10,12-13,21H,11H2,1-3H3,(H,25,28). The summed E-state index contributed by atoms with van der Waals surface area (Å²) in [5.74, 6) is -0.234. The van der Waals surface area contributed by atoms with Crippen molar-refractivity contribution in [2.24, 2.45) is 0 Å². The predicted octanol–water partition coefficient (Wildman–Crippen LogP) is 5.97.